The highest BCUT2D eigenvalue weighted by molar-refractivity contribution is 7.92. The summed E-state index contributed by atoms with van der Waals surface area (Å²) < 4.78 is 72.4. The number of halogens is 2. The molecule has 3 aromatic carbocycles. The molecular formula is C44H40F2N8O5S2. The molecule has 0 saturated carbocycles. The Kier molecular flexibility index (Phi) is 9.26. The number of aryl methyl sites for hydroxylation is 3. The van der Waals surface area contributed by atoms with E-state index in [-0.39, 0.29) is 45.1 Å². The summed E-state index contributed by atoms with van der Waals surface area (Å²) in [6, 6.07) is 17.0. The summed E-state index contributed by atoms with van der Waals surface area (Å²) in [7, 11) is -2.50. The second-order valence-electron chi connectivity index (χ2n) is 15.9. The first-order valence-corrected chi connectivity index (χ1v) is 22.3. The van der Waals surface area contributed by atoms with Gasteiger partial charge in [0.05, 0.1) is 34.0 Å². The molecule has 1 fully saturated rings. The van der Waals surface area contributed by atoms with E-state index < -0.39 is 39.1 Å². The van der Waals surface area contributed by atoms with Gasteiger partial charge in [-0.25, -0.2) is 22.2 Å². The first-order chi connectivity index (χ1) is 29.3. The fraction of sp³-hybridized carbons (Fsp3) is 0.273. The van der Waals surface area contributed by atoms with Crippen molar-refractivity contribution in [1.82, 2.24) is 32.7 Å². The van der Waals surface area contributed by atoms with Gasteiger partial charge in [0, 0.05) is 62.0 Å². The highest BCUT2D eigenvalue weighted by Gasteiger charge is 2.40. The highest BCUT2D eigenvalue weighted by atomic mass is 32.2. The molecule has 17 heteroatoms. The van der Waals surface area contributed by atoms with Crippen molar-refractivity contribution in [3.8, 4) is 17.2 Å². The number of Topliss-reactive ketones (excluding diaryl/α,β-unsaturated/α-hetero) is 1. The number of carbonyl (C=O) groups is 1. The van der Waals surface area contributed by atoms with Crippen molar-refractivity contribution in [3.63, 3.8) is 0 Å². The van der Waals surface area contributed by atoms with Gasteiger partial charge >= 0.3 is 5.69 Å². The summed E-state index contributed by atoms with van der Waals surface area (Å²) in [5.41, 5.74) is 3.09. The lowest BCUT2D eigenvalue weighted by atomic mass is 9.81. The van der Waals surface area contributed by atoms with Crippen molar-refractivity contribution in [2.24, 2.45) is 13.0 Å². The van der Waals surface area contributed by atoms with Gasteiger partial charge in [-0.05, 0) is 103 Å². The number of hydrogen-bond acceptors (Lipinski definition) is 9. The second-order valence-corrected chi connectivity index (χ2v) is 18.8. The Morgan fingerprint density at radius 1 is 0.951 bits per heavy atom. The number of aromatic nitrogens is 7. The summed E-state index contributed by atoms with van der Waals surface area (Å²) in [4.78, 5) is 29.7. The Bertz CT molecular complexity index is 3220. The minimum Gasteiger partial charge on any atom is -0.381 e. The first kappa shape index (κ1) is 39.0. The largest absolute Gasteiger partial charge is 0.381 e. The number of imidazole rings is 1. The van der Waals surface area contributed by atoms with Gasteiger partial charge in [0.2, 0.25) is 0 Å². The van der Waals surface area contributed by atoms with Crippen molar-refractivity contribution >= 4 is 54.8 Å². The van der Waals surface area contributed by atoms with Gasteiger partial charge in [0.25, 0.3) is 10.0 Å². The van der Waals surface area contributed by atoms with Crippen molar-refractivity contribution in [2.45, 2.75) is 49.7 Å². The van der Waals surface area contributed by atoms with Crippen LogP contribution in [0.2, 0.25) is 0 Å². The molecule has 1 saturated heterocycles. The SMILES string of the molecule is Cc1cc(-n2nc3c(c2-n2ccn(-c4ccc5c(cnn5C)c4F)c2=O)[C@@H](C)C(C(=O)c2cc4cc(C5CCOCC5)ccc4n2S(=O)(=O)c2cccs2)CN3)cc(C)c1F. The van der Waals surface area contributed by atoms with Gasteiger partial charge in [0.15, 0.2) is 17.4 Å². The molecule has 13 nitrogen and oxygen atoms in total. The quantitative estimate of drug-likeness (QED) is 0.153. The van der Waals surface area contributed by atoms with Crippen LogP contribution in [0.5, 0.6) is 0 Å². The smallest absolute Gasteiger partial charge is 0.338 e. The number of anilines is 1. The number of carbonyl (C=O) groups excluding carboxylic acids is 1. The minimum atomic E-state index is -4.21. The number of benzene rings is 3. The molecule has 312 valence electrons. The van der Waals surface area contributed by atoms with Crippen molar-refractivity contribution in [2.75, 3.05) is 25.1 Å². The topological polar surface area (TPSA) is 140 Å². The summed E-state index contributed by atoms with van der Waals surface area (Å²) in [6.07, 6.45) is 6.05. The highest BCUT2D eigenvalue weighted by Crippen LogP contribution is 2.42. The Morgan fingerprint density at radius 3 is 2.43 bits per heavy atom. The molecule has 0 radical (unpaired) electrons. The normalized spacial score (nSPS) is 17.3. The maximum atomic E-state index is 16.0. The molecule has 61 heavy (non-hydrogen) atoms. The van der Waals surface area contributed by atoms with E-state index in [9.17, 15) is 13.2 Å². The number of fused-ring (bicyclic) bond motifs is 3. The van der Waals surface area contributed by atoms with Crippen LogP contribution in [0.4, 0.5) is 14.6 Å². The number of hydrogen-bond donors (Lipinski definition) is 1. The molecule has 1 N–H and O–H groups in total. The average Bonchev–Trinajstić information content (AvgIpc) is 4.11. The van der Waals surface area contributed by atoms with Gasteiger partial charge < -0.3 is 10.1 Å². The van der Waals surface area contributed by atoms with Crippen LogP contribution < -0.4 is 11.0 Å². The third-order valence-electron chi connectivity index (χ3n) is 12.3. The number of thiophene rings is 1. The van der Waals surface area contributed by atoms with E-state index in [1.54, 1.807) is 67.4 Å². The first-order valence-electron chi connectivity index (χ1n) is 19.9. The van der Waals surface area contributed by atoms with Gasteiger partial charge in [-0.3, -0.25) is 18.6 Å². The van der Waals surface area contributed by atoms with Gasteiger partial charge in [-0.2, -0.15) is 13.5 Å². The molecule has 0 aliphatic carbocycles. The Morgan fingerprint density at radius 2 is 1.69 bits per heavy atom. The fourth-order valence-corrected chi connectivity index (χ4v) is 11.6. The summed E-state index contributed by atoms with van der Waals surface area (Å²) in [5.74, 6) is -2.00. The van der Waals surface area contributed by atoms with E-state index in [4.69, 9.17) is 9.84 Å². The standard InChI is InChI=1S/C44H40F2N8O5S2/c1-24-18-30(19-25(2)39(24)45)53-43(52-14-13-51(44(52)56)35-10-9-34-32(40(35)46)23-48-50(34)4)38-26(3)31(22-47-42(38)49-53)41(55)36-21-29-20-28(27-11-15-59-16-12-27)7-8-33(29)54(36)61(57,58)37-6-5-17-60-37/h5-10,13-14,17-21,23,26-27,31H,11-12,15-16,22H2,1-4H3,(H,47,49)/t26-,31?/m0/s1. The lowest BCUT2D eigenvalue weighted by Crippen LogP contribution is -2.35. The maximum Gasteiger partial charge on any atom is 0.338 e. The van der Waals surface area contributed by atoms with Gasteiger partial charge in [-0.1, -0.05) is 19.1 Å². The van der Waals surface area contributed by atoms with Crippen LogP contribution in [-0.4, -0.2) is 66.6 Å². The molecule has 0 amide bonds. The third kappa shape index (κ3) is 6.11. The minimum absolute atomic E-state index is 0.0108. The van der Waals surface area contributed by atoms with Crippen LogP contribution in [-0.2, 0) is 21.8 Å². The summed E-state index contributed by atoms with van der Waals surface area (Å²) in [5, 5.41) is 14.9. The van der Waals surface area contributed by atoms with Crippen molar-refractivity contribution in [3.05, 3.63) is 135 Å². The number of ether oxygens (including phenoxy) is 1. The molecular weight excluding hydrogens is 823 g/mol. The molecule has 0 bridgehead atoms. The molecule has 2 atom stereocenters. The molecule has 1 unspecified atom stereocenters. The second kappa shape index (κ2) is 14.5. The Labute approximate surface area is 352 Å². The molecule has 2 aliphatic heterocycles. The fourth-order valence-electron chi connectivity index (χ4n) is 9.04. The van der Waals surface area contributed by atoms with Crippen molar-refractivity contribution in [1.29, 1.82) is 0 Å². The monoisotopic (exact) mass is 862 g/mol. The van der Waals surface area contributed by atoms with E-state index in [1.165, 1.54) is 48.5 Å². The third-order valence-corrected chi connectivity index (χ3v) is 15.4. The average molecular weight is 863 g/mol. The molecule has 5 aromatic heterocycles. The van der Waals surface area contributed by atoms with Crippen LogP contribution in [0.3, 0.4) is 0 Å². The Hall–Kier alpha value is -6.17. The lowest BCUT2D eigenvalue weighted by molar-refractivity contribution is 0.0853. The zero-order valence-corrected chi connectivity index (χ0v) is 35.2. The molecule has 8 aromatic rings. The Balaban J connectivity index is 1.12. The van der Waals surface area contributed by atoms with Crippen LogP contribution in [0.15, 0.2) is 93.6 Å². The van der Waals surface area contributed by atoms with E-state index in [1.807, 2.05) is 19.1 Å². The number of nitrogens with one attached hydrogen (secondary N) is 1. The lowest BCUT2D eigenvalue weighted by Gasteiger charge is -2.29. The summed E-state index contributed by atoms with van der Waals surface area (Å²) in [6.45, 7) is 6.51. The number of rotatable bonds is 8. The van der Waals surface area contributed by atoms with Crippen molar-refractivity contribution < 1.29 is 26.7 Å². The van der Waals surface area contributed by atoms with Gasteiger partial charge in [0.1, 0.15) is 21.5 Å². The maximum absolute atomic E-state index is 16.0. The summed E-state index contributed by atoms with van der Waals surface area (Å²) >= 11 is 1.07. The van der Waals surface area contributed by atoms with E-state index in [0.717, 1.165) is 29.7 Å². The zero-order valence-electron chi connectivity index (χ0n) is 33.6. The van der Waals surface area contributed by atoms with E-state index in [2.05, 4.69) is 10.4 Å². The molecule has 10 rings (SSSR count). The predicted molar refractivity (Wildman–Crippen MR) is 229 cm³/mol. The number of ketones is 1. The van der Waals surface area contributed by atoms with E-state index in [0.29, 0.717) is 57.8 Å². The molecule has 7 heterocycles. The van der Waals surface area contributed by atoms with Gasteiger partial charge in [-0.15, -0.1) is 16.4 Å². The van der Waals surface area contributed by atoms with Crippen LogP contribution in [0.25, 0.3) is 39.0 Å². The van der Waals surface area contributed by atoms with Crippen LogP contribution in [0, 0.1) is 31.4 Å². The van der Waals surface area contributed by atoms with E-state index >= 15 is 13.6 Å². The van der Waals surface area contributed by atoms with Crippen LogP contribution in [0.1, 0.15) is 64.3 Å². The zero-order chi connectivity index (χ0) is 42.5. The molecule has 2 aliphatic rings. The van der Waals surface area contributed by atoms with Crippen LogP contribution >= 0.6 is 11.3 Å². The molecule has 0 spiro atoms. The predicted octanol–water partition coefficient (Wildman–Crippen LogP) is 7.77. The number of nitrogens with zero attached hydrogens (tertiary/aromatic N) is 7.